The number of nitrogens with one attached hydrogen (secondary N) is 4. The Morgan fingerprint density at radius 2 is 1.80 bits per heavy atom. The molecule has 0 spiro atoms. The first-order valence-electron chi connectivity index (χ1n) is 14.2. The predicted molar refractivity (Wildman–Crippen MR) is 167 cm³/mol. The Morgan fingerprint density at radius 3 is 2.45 bits per heavy atom. The van der Waals surface area contributed by atoms with Crippen molar-refractivity contribution in [2.24, 2.45) is 0 Å². The van der Waals surface area contributed by atoms with Gasteiger partial charge in [-0.2, -0.15) is 5.26 Å². The lowest BCUT2D eigenvalue weighted by Gasteiger charge is -2.28. The zero-order valence-electron chi connectivity index (χ0n) is 24.9. The van der Waals surface area contributed by atoms with Gasteiger partial charge in [-0.1, -0.05) is 18.2 Å². The maximum atomic E-state index is 13.5. The fourth-order valence-electron chi connectivity index (χ4n) is 4.61. The lowest BCUT2D eigenvalue weighted by molar-refractivity contribution is -0.125. The van der Waals surface area contributed by atoms with Crippen LogP contribution >= 0.6 is 11.3 Å². The molecule has 3 amide bonds. The molecule has 1 saturated heterocycles. The molecule has 0 bridgehead atoms. The van der Waals surface area contributed by atoms with Gasteiger partial charge in [-0.25, -0.2) is 4.79 Å². The van der Waals surface area contributed by atoms with Crippen LogP contribution in [0.4, 0.5) is 4.79 Å². The highest BCUT2D eigenvalue weighted by molar-refractivity contribution is 7.10. The Morgan fingerprint density at radius 1 is 1.09 bits per heavy atom. The molecule has 230 valence electrons. The Kier molecular flexibility index (Phi) is 10.6. The van der Waals surface area contributed by atoms with Gasteiger partial charge in [-0.05, 0) is 76.1 Å². The average Bonchev–Trinajstić information content (AvgIpc) is 3.68. The van der Waals surface area contributed by atoms with E-state index in [9.17, 15) is 19.6 Å². The minimum atomic E-state index is -0.680. The third-order valence-electron chi connectivity index (χ3n) is 6.67. The molecule has 44 heavy (non-hydrogen) atoms. The first-order valence-corrected chi connectivity index (χ1v) is 15.1. The van der Waals surface area contributed by atoms with Gasteiger partial charge in [-0.15, -0.1) is 11.3 Å². The number of likely N-dealkylation sites (tertiary alicyclic amines) is 1. The molecule has 2 atom stereocenters. The molecule has 11 nitrogen and oxygen atoms in total. The lowest BCUT2D eigenvalue weighted by atomic mass is 10.1. The average molecular weight is 617 g/mol. The molecule has 2 heterocycles. The number of carbonyl (C=O) groups is 3. The zero-order chi connectivity index (χ0) is 31.7. The fraction of sp³-hybridized carbons (Fsp3) is 0.344. The van der Waals surface area contributed by atoms with E-state index in [-0.39, 0.29) is 30.7 Å². The maximum absolute atomic E-state index is 13.5. The monoisotopic (exact) mass is 616 g/mol. The highest BCUT2D eigenvalue weighted by Crippen LogP contribution is 2.25. The second kappa shape index (κ2) is 14.5. The van der Waals surface area contributed by atoms with Crippen molar-refractivity contribution in [3.8, 4) is 17.6 Å². The predicted octanol–water partition coefficient (Wildman–Crippen LogP) is 4.97. The number of benzene rings is 2. The van der Waals surface area contributed by atoms with Crippen molar-refractivity contribution in [1.82, 2.24) is 20.9 Å². The van der Waals surface area contributed by atoms with Gasteiger partial charge in [0.15, 0.2) is 0 Å². The van der Waals surface area contributed by atoms with Crippen LogP contribution in [0.1, 0.15) is 60.5 Å². The van der Waals surface area contributed by atoms with Crippen LogP contribution in [0.25, 0.3) is 0 Å². The summed E-state index contributed by atoms with van der Waals surface area (Å²) in [5, 5.41) is 28.0. The van der Waals surface area contributed by atoms with Crippen LogP contribution in [0.15, 0.2) is 66.0 Å². The summed E-state index contributed by atoms with van der Waals surface area (Å²) in [6.07, 6.45) is 0.619. The summed E-state index contributed by atoms with van der Waals surface area (Å²) in [5.41, 5.74) is 0.196. The SMILES string of the molecule is CC(C)(C)OC(=O)NCC(NC(=O)[C@@H]1CCCN1C(=N)CNC(=O)c1ccc(Oc2ccccc2)cc1)c1cc(C#N)cs1. The van der Waals surface area contributed by atoms with Crippen LogP contribution in [-0.4, -0.2) is 59.9 Å². The summed E-state index contributed by atoms with van der Waals surface area (Å²) in [7, 11) is 0. The topological polar surface area (TPSA) is 157 Å². The van der Waals surface area contributed by atoms with Crippen LogP contribution < -0.4 is 20.7 Å². The number of nitrogens with zero attached hydrogens (tertiary/aromatic N) is 2. The van der Waals surface area contributed by atoms with E-state index >= 15 is 0 Å². The van der Waals surface area contributed by atoms with Gasteiger partial charge in [0, 0.05) is 28.9 Å². The molecule has 1 aliphatic rings. The molecule has 4 rings (SSSR count). The number of thiophene rings is 1. The van der Waals surface area contributed by atoms with Crippen molar-refractivity contribution in [2.75, 3.05) is 19.6 Å². The third kappa shape index (κ3) is 9.05. The molecule has 1 aromatic heterocycles. The summed E-state index contributed by atoms with van der Waals surface area (Å²) in [5.74, 6) is 0.745. The van der Waals surface area contributed by atoms with Gasteiger partial charge >= 0.3 is 6.09 Å². The first kappa shape index (κ1) is 32.0. The number of nitriles is 1. The number of ether oxygens (including phenoxy) is 2. The number of para-hydroxylation sites is 1. The van der Waals surface area contributed by atoms with E-state index in [0.29, 0.717) is 46.9 Å². The third-order valence-corrected chi connectivity index (χ3v) is 7.72. The van der Waals surface area contributed by atoms with E-state index in [2.05, 4.69) is 22.0 Å². The second-order valence-electron chi connectivity index (χ2n) is 11.2. The van der Waals surface area contributed by atoms with E-state index < -0.39 is 23.8 Å². The fourth-order valence-corrected chi connectivity index (χ4v) is 5.50. The van der Waals surface area contributed by atoms with Gasteiger partial charge in [0.05, 0.1) is 18.2 Å². The minimum absolute atomic E-state index is 0.0506. The van der Waals surface area contributed by atoms with Crippen LogP contribution in [0, 0.1) is 16.7 Å². The summed E-state index contributed by atoms with van der Waals surface area (Å²) >= 11 is 1.31. The van der Waals surface area contributed by atoms with E-state index in [0.717, 1.165) is 0 Å². The number of amidine groups is 1. The molecule has 12 heteroatoms. The second-order valence-corrected chi connectivity index (χ2v) is 12.2. The number of hydrogen-bond donors (Lipinski definition) is 4. The maximum Gasteiger partial charge on any atom is 0.407 e. The smallest absolute Gasteiger partial charge is 0.407 e. The standard InChI is InChI=1S/C32H36N6O5S/c1-32(2,3)43-31(41)36-18-25(27-16-21(17-33)20-44-27)37-30(40)26-10-7-15-38(26)28(34)19-35-29(39)22-11-13-24(14-12-22)42-23-8-5-4-6-9-23/h4-6,8-9,11-14,16,20,25-26,34H,7,10,15,18-19H2,1-3H3,(H,35,39)(H,36,41)(H,37,40)/t25?,26-/m0/s1. The number of hydrogen-bond acceptors (Lipinski definition) is 8. The van der Waals surface area contributed by atoms with E-state index in [4.69, 9.17) is 14.9 Å². The van der Waals surface area contributed by atoms with Crippen molar-refractivity contribution in [3.63, 3.8) is 0 Å². The summed E-state index contributed by atoms with van der Waals surface area (Å²) < 4.78 is 11.1. The number of rotatable bonds is 10. The van der Waals surface area contributed by atoms with Crippen molar-refractivity contribution < 1.29 is 23.9 Å². The molecule has 1 aliphatic heterocycles. The van der Waals surface area contributed by atoms with Gasteiger partial charge < -0.3 is 30.3 Å². The molecule has 0 radical (unpaired) electrons. The zero-order valence-corrected chi connectivity index (χ0v) is 25.7. The highest BCUT2D eigenvalue weighted by atomic mass is 32.1. The van der Waals surface area contributed by atoms with E-state index in [1.54, 1.807) is 61.4 Å². The molecule has 0 aliphatic carbocycles. The van der Waals surface area contributed by atoms with Gasteiger partial charge in [-0.3, -0.25) is 15.0 Å². The Balaban J connectivity index is 1.33. The normalized spacial score (nSPS) is 15.0. The van der Waals surface area contributed by atoms with E-state index in [1.807, 2.05) is 30.3 Å². The minimum Gasteiger partial charge on any atom is -0.457 e. The molecule has 1 unspecified atom stereocenters. The Bertz CT molecular complexity index is 1510. The summed E-state index contributed by atoms with van der Waals surface area (Å²) in [6, 6.07) is 18.6. The molecular weight excluding hydrogens is 580 g/mol. The van der Waals surface area contributed by atoms with Crippen LogP contribution in [0.5, 0.6) is 11.5 Å². The molecule has 0 saturated carbocycles. The molecular formula is C32H36N6O5S. The van der Waals surface area contributed by atoms with Gasteiger partial charge in [0.2, 0.25) is 5.91 Å². The van der Waals surface area contributed by atoms with Crippen molar-refractivity contribution in [3.05, 3.63) is 82.0 Å². The van der Waals surface area contributed by atoms with Crippen molar-refractivity contribution >= 4 is 35.1 Å². The first-order chi connectivity index (χ1) is 21.0. The van der Waals surface area contributed by atoms with Crippen LogP contribution in [0.2, 0.25) is 0 Å². The molecule has 4 N–H and O–H groups in total. The molecule has 2 aromatic carbocycles. The quantitative estimate of drug-likeness (QED) is 0.185. The molecule has 1 fully saturated rings. The summed E-state index contributed by atoms with van der Waals surface area (Å²) in [4.78, 5) is 40.9. The Hall–Kier alpha value is -4.89. The van der Waals surface area contributed by atoms with Crippen LogP contribution in [0.3, 0.4) is 0 Å². The Labute approximate surface area is 260 Å². The van der Waals surface area contributed by atoms with E-state index in [1.165, 1.54) is 11.3 Å². The number of alkyl carbamates (subject to hydrolysis) is 1. The lowest BCUT2D eigenvalue weighted by Crippen LogP contribution is -2.50. The molecule has 3 aromatic rings. The highest BCUT2D eigenvalue weighted by Gasteiger charge is 2.34. The van der Waals surface area contributed by atoms with Gasteiger partial charge in [0.25, 0.3) is 5.91 Å². The van der Waals surface area contributed by atoms with Crippen LogP contribution in [-0.2, 0) is 9.53 Å². The number of carbonyl (C=O) groups excluding carboxylic acids is 3. The largest absolute Gasteiger partial charge is 0.457 e. The summed E-state index contributed by atoms with van der Waals surface area (Å²) in [6.45, 7) is 5.78. The van der Waals surface area contributed by atoms with Gasteiger partial charge in [0.1, 0.15) is 35.0 Å². The number of amides is 3. The van der Waals surface area contributed by atoms with Crippen molar-refractivity contribution in [2.45, 2.75) is 51.3 Å². The van der Waals surface area contributed by atoms with Crippen molar-refractivity contribution in [1.29, 1.82) is 10.7 Å².